The first-order valence-corrected chi connectivity index (χ1v) is 14.4. The highest BCUT2D eigenvalue weighted by molar-refractivity contribution is 5.45. The maximum absolute atomic E-state index is 5.90. The summed E-state index contributed by atoms with van der Waals surface area (Å²) in [5.41, 5.74) is 21.5. The van der Waals surface area contributed by atoms with Crippen LogP contribution >= 0.6 is 0 Å². The second-order valence-electron chi connectivity index (χ2n) is 10.9. The third-order valence-electron chi connectivity index (χ3n) is 8.15. The first kappa shape index (κ1) is 27.5. The normalized spacial score (nSPS) is 13.7. The van der Waals surface area contributed by atoms with Crippen LogP contribution in [0.4, 0.5) is 11.4 Å². The number of benzene rings is 4. The van der Waals surface area contributed by atoms with E-state index in [0.29, 0.717) is 17.8 Å². The van der Waals surface area contributed by atoms with Crippen LogP contribution in [0, 0.1) is 0 Å². The summed E-state index contributed by atoms with van der Waals surface area (Å²) in [5, 5.41) is 0. The molecule has 38 heavy (non-hydrogen) atoms. The maximum atomic E-state index is 5.90. The van der Waals surface area contributed by atoms with E-state index in [9.17, 15) is 0 Å². The van der Waals surface area contributed by atoms with Crippen molar-refractivity contribution >= 4 is 11.4 Å². The molecule has 0 fully saturated rings. The van der Waals surface area contributed by atoms with Gasteiger partial charge in [-0.15, -0.1) is 0 Å². The molecule has 0 spiro atoms. The van der Waals surface area contributed by atoms with Crippen molar-refractivity contribution in [1.29, 1.82) is 0 Å². The van der Waals surface area contributed by atoms with Crippen LogP contribution in [-0.4, -0.2) is 0 Å². The van der Waals surface area contributed by atoms with Gasteiger partial charge >= 0.3 is 0 Å². The molecule has 2 unspecified atom stereocenters. The Morgan fingerprint density at radius 2 is 0.763 bits per heavy atom. The van der Waals surface area contributed by atoms with Gasteiger partial charge in [0.1, 0.15) is 0 Å². The monoisotopic (exact) mass is 504 g/mol. The predicted octanol–water partition coefficient (Wildman–Crippen LogP) is 9.65. The van der Waals surface area contributed by atoms with Gasteiger partial charge in [-0.3, -0.25) is 0 Å². The van der Waals surface area contributed by atoms with Gasteiger partial charge in [0.25, 0.3) is 0 Å². The van der Waals surface area contributed by atoms with Gasteiger partial charge in [-0.2, -0.15) is 0 Å². The lowest BCUT2D eigenvalue weighted by molar-refractivity contribution is 0.580. The molecule has 2 atom stereocenters. The zero-order valence-corrected chi connectivity index (χ0v) is 23.4. The van der Waals surface area contributed by atoms with Crippen LogP contribution in [0.3, 0.4) is 0 Å². The van der Waals surface area contributed by atoms with E-state index in [1.807, 2.05) is 24.3 Å². The molecule has 0 aromatic heterocycles. The second kappa shape index (κ2) is 13.3. The molecular formula is C36H44N2. The molecule has 0 bridgehead atoms. The van der Waals surface area contributed by atoms with E-state index in [1.165, 1.54) is 71.9 Å². The number of rotatable bonds is 12. The zero-order valence-electron chi connectivity index (χ0n) is 23.4. The van der Waals surface area contributed by atoms with Crippen LogP contribution in [0.1, 0.15) is 110 Å². The van der Waals surface area contributed by atoms with Crippen molar-refractivity contribution in [3.8, 4) is 0 Å². The van der Waals surface area contributed by atoms with Gasteiger partial charge < -0.3 is 11.5 Å². The van der Waals surface area contributed by atoms with Gasteiger partial charge in [-0.05, 0) is 64.1 Å². The average Bonchev–Trinajstić information content (AvgIpc) is 2.95. The molecule has 0 radical (unpaired) electrons. The lowest BCUT2D eigenvalue weighted by Crippen LogP contribution is -2.04. The SMILES string of the molecule is CCCCCCCC(c1ccc(C(C)c2ccc(N)cc2)cc1)c1ccc(C(C)c2ccc(N)cc2)cc1. The first-order valence-electron chi connectivity index (χ1n) is 14.4. The van der Waals surface area contributed by atoms with Gasteiger partial charge in [0.15, 0.2) is 0 Å². The summed E-state index contributed by atoms with van der Waals surface area (Å²) in [4.78, 5) is 0. The molecule has 0 amide bonds. The molecule has 2 heteroatoms. The van der Waals surface area contributed by atoms with Crippen molar-refractivity contribution in [3.63, 3.8) is 0 Å². The van der Waals surface area contributed by atoms with Gasteiger partial charge in [-0.1, -0.05) is 126 Å². The van der Waals surface area contributed by atoms with Crippen molar-refractivity contribution in [2.45, 2.75) is 77.0 Å². The molecule has 0 saturated heterocycles. The van der Waals surface area contributed by atoms with E-state index in [-0.39, 0.29) is 0 Å². The molecule has 0 heterocycles. The van der Waals surface area contributed by atoms with Gasteiger partial charge in [0.05, 0.1) is 0 Å². The van der Waals surface area contributed by atoms with E-state index < -0.39 is 0 Å². The quantitative estimate of drug-likeness (QED) is 0.149. The van der Waals surface area contributed by atoms with Gasteiger partial charge in [0.2, 0.25) is 0 Å². The topological polar surface area (TPSA) is 52.0 Å². The smallest absolute Gasteiger partial charge is 0.0314 e. The Labute approximate surface area is 230 Å². The summed E-state index contributed by atoms with van der Waals surface area (Å²) in [6.07, 6.45) is 7.70. The number of hydrogen-bond acceptors (Lipinski definition) is 2. The molecule has 0 aliphatic carbocycles. The summed E-state index contributed by atoms with van der Waals surface area (Å²) in [5.74, 6) is 1.09. The summed E-state index contributed by atoms with van der Waals surface area (Å²) in [7, 11) is 0. The fourth-order valence-corrected chi connectivity index (χ4v) is 5.47. The van der Waals surface area contributed by atoms with Crippen molar-refractivity contribution in [1.82, 2.24) is 0 Å². The Hall–Kier alpha value is -3.52. The van der Waals surface area contributed by atoms with Crippen molar-refractivity contribution < 1.29 is 0 Å². The molecule has 198 valence electrons. The van der Waals surface area contributed by atoms with Crippen LogP contribution in [0.25, 0.3) is 0 Å². The number of unbranched alkanes of at least 4 members (excludes halogenated alkanes) is 4. The van der Waals surface area contributed by atoms with E-state index in [1.54, 1.807) is 0 Å². The van der Waals surface area contributed by atoms with Crippen molar-refractivity contribution in [2.75, 3.05) is 11.5 Å². The molecule has 4 rings (SSSR count). The van der Waals surface area contributed by atoms with Crippen LogP contribution in [0.2, 0.25) is 0 Å². The third kappa shape index (κ3) is 7.07. The van der Waals surface area contributed by atoms with Crippen molar-refractivity contribution in [2.24, 2.45) is 0 Å². The predicted molar refractivity (Wildman–Crippen MR) is 165 cm³/mol. The Morgan fingerprint density at radius 1 is 0.447 bits per heavy atom. The van der Waals surface area contributed by atoms with E-state index in [4.69, 9.17) is 11.5 Å². The van der Waals surface area contributed by atoms with Crippen LogP contribution in [0.15, 0.2) is 97.1 Å². The Bertz CT molecular complexity index is 1140. The number of nitrogens with two attached hydrogens (primary N) is 2. The van der Waals surface area contributed by atoms with Crippen LogP contribution in [0.5, 0.6) is 0 Å². The average molecular weight is 505 g/mol. The maximum Gasteiger partial charge on any atom is 0.0314 e. The summed E-state index contributed by atoms with van der Waals surface area (Å²) < 4.78 is 0. The van der Waals surface area contributed by atoms with Crippen LogP contribution < -0.4 is 11.5 Å². The largest absolute Gasteiger partial charge is 0.399 e. The molecule has 4 aromatic carbocycles. The minimum Gasteiger partial charge on any atom is -0.399 e. The number of anilines is 2. The molecule has 0 aliphatic heterocycles. The summed E-state index contributed by atoms with van der Waals surface area (Å²) in [6.45, 7) is 6.82. The van der Waals surface area contributed by atoms with E-state index in [2.05, 4.69) is 93.6 Å². The molecule has 2 nitrogen and oxygen atoms in total. The standard InChI is InChI=1S/C36H44N2/c1-4-5-6-7-8-9-36(32-14-10-28(11-15-32)26(2)30-18-22-34(37)23-19-30)33-16-12-29(13-17-33)27(3)31-20-24-35(38)25-21-31/h10-27,36H,4-9,37-38H2,1-3H3. The second-order valence-corrected chi connectivity index (χ2v) is 10.9. The number of hydrogen-bond donors (Lipinski definition) is 2. The Kier molecular flexibility index (Phi) is 9.65. The molecule has 4 aromatic rings. The minimum absolute atomic E-state index is 0.339. The van der Waals surface area contributed by atoms with Gasteiger partial charge in [-0.25, -0.2) is 0 Å². The highest BCUT2D eigenvalue weighted by atomic mass is 14.5. The highest BCUT2D eigenvalue weighted by Gasteiger charge is 2.17. The van der Waals surface area contributed by atoms with Crippen molar-refractivity contribution in [3.05, 3.63) is 130 Å². The lowest BCUT2D eigenvalue weighted by Gasteiger charge is -2.21. The zero-order chi connectivity index (χ0) is 26.9. The fraction of sp³-hybridized carbons (Fsp3) is 0.333. The third-order valence-corrected chi connectivity index (χ3v) is 8.15. The minimum atomic E-state index is 0.339. The fourth-order valence-electron chi connectivity index (χ4n) is 5.47. The molecule has 0 saturated carbocycles. The summed E-state index contributed by atoms with van der Waals surface area (Å²) in [6, 6.07) is 35.2. The highest BCUT2D eigenvalue weighted by Crippen LogP contribution is 2.34. The summed E-state index contributed by atoms with van der Waals surface area (Å²) >= 11 is 0. The Morgan fingerprint density at radius 3 is 1.13 bits per heavy atom. The number of nitrogen functional groups attached to an aromatic ring is 2. The van der Waals surface area contributed by atoms with E-state index >= 15 is 0 Å². The molecule has 4 N–H and O–H groups in total. The van der Waals surface area contributed by atoms with Gasteiger partial charge in [0, 0.05) is 29.1 Å². The molecular weight excluding hydrogens is 460 g/mol. The van der Waals surface area contributed by atoms with Crippen LogP contribution in [-0.2, 0) is 0 Å². The van der Waals surface area contributed by atoms with E-state index in [0.717, 1.165) is 11.4 Å². The first-order chi connectivity index (χ1) is 18.5. The Balaban J connectivity index is 1.53. The lowest BCUT2D eigenvalue weighted by atomic mass is 9.83. The molecule has 0 aliphatic rings.